The lowest BCUT2D eigenvalue weighted by atomic mass is 9.96. The van der Waals surface area contributed by atoms with E-state index in [1.807, 2.05) is 20.8 Å². The van der Waals surface area contributed by atoms with Gasteiger partial charge in [-0.1, -0.05) is 39.0 Å². The summed E-state index contributed by atoms with van der Waals surface area (Å²) in [6.07, 6.45) is -7.18. The lowest BCUT2D eigenvalue weighted by Gasteiger charge is -2.31. The zero-order valence-corrected chi connectivity index (χ0v) is 21.2. The number of rotatable bonds is 7. The molecule has 0 spiro atoms. The molecule has 3 aromatic rings. The van der Waals surface area contributed by atoms with Crippen LogP contribution in [0.5, 0.6) is 0 Å². The molecule has 0 radical (unpaired) electrons. The molecule has 0 unspecified atom stereocenters. The van der Waals surface area contributed by atoms with Crippen molar-refractivity contribution in [2.24, 2.45) is 5.41 Å². The van der Waals surface area contributed by atoms with E-state index in [9.17, 15) is 34.8 Å². The molecule has 12 heteroatoms. The molecule has 37 heavy (non-hydrogen) atoms. The molecule has 1 fully saturated rings. The second kappa shape index (κ2) is 9.61. The average molecular weight is 548 g/mol. The number of aromatic nitrogens is 2. The summed E-state index contributed by atoms with van der Waals surface area (Å²) in [5.74, 6) is 0. The van der Waals surface area contributed by atoms with Gasteiger partial charge in [-0.15, -0.1) is 0 Å². The first-order valence-electron chi connectivity index (χ1n) is 11.7. The lowest BCUT2D eigenvalue weighted by Crippen LogP contribution is -2.46. The molecule has 4 rings (SSSR count). The Morgan fingerprint density at radius 3 is 2.38 bits per heavy atom. The Balaban J connectivity index is 1.85. The van der Waals surface area contributed by atoms with Gasteiger partial charge >= 0.3 is 6.18 Å². The summed E-state index contributed by atoms with van der Waals surface area (Å²) in [7, 11) is -4.23. The van der Waals surface area contributed by atoms with Crippen molar-refractivity contribution < 1.29 is 34.8 Å². The summed E-state index contributed by atoms with van der Waals surface area (Å²) in [5, 5.41) is -0.819. The molecule has 2 heterocycles. The maximum atomic E-state index is 14.2. The first-order valence-corrected chi connectivity index (χ1v) is 13.2. The van der Waals surface area contributed by atoms with E-state index in [1.165, 1.54) is 36.5 Å². The normalized spacial score (nSPS) is 19.8. The van der Waals surface area contributed by atoms with E-state index in [4.69, 9.17) is 0 Å². The SMILES string of the molecule is CC(C)(C)Cn1cc([C@H](NS(=O)(=O)C2CC(F)C2)C(F)F)c2ccc(-c3cccnc3C(F)(F)F)cc21. The van der Waals surface area contributed by atoms with Gasteiger partial charge in [-0.05, 0) is 36.0 Å². The first-order chi connectivity index (χ1) is 17.1. The van der Waals surface area contributed by atoms with Gasteiger partial charge in [0.15, 0.2) is 5.69 Å². The zero-order chi connectivity index (χ0) is 27.3. The van der Waals surface area contributed by atoms with Crippen LogP contribution in [0.2, 0.25) is 0 Å². The van der Waals surface area contributed by atoms with Crippen LogP contribution in [0.25, 0.3) is 22.0 Å². The van der Waals surface area contributed by atoms with E-state index in [1.54, 1.807) is 4.57 Å². The molecule has 1 atom stereocenters. The maximum Gasteiger partial charge on any atom is 0.433 e. The summed E-state index contributed by atoms with van der Waals surface area (Å²) in [4.78, 5) is 3.49. The van der Waals surface area contributed by atoms with Crippen molar-refractivity contribution in [3.8, 4) is 11.1 Å². The molecular formula is C25H27F6N3O2S. The Kier molecular flexibility index (Phi) is 7.13. The summed E-state index contributed by atoms with van der Waals surface area (Å²) < 4.78 is 112. The molecule has 0 aliphatic heterocycles. The molecule has 202 valence electrons. The molecule has 0 saturated heterocycles. The van der Waals surface area contributed by atoms with Crippen molar-refractivity contribution in [1.82, 2.24) is 14.3 Å². The van der Waals surface area contributed by atoms with Gasteiger partial charge in [-0.2, -0.15) is 13.2 Å². The van der Waals surface area contributed by atoms with Crippen LogP contribution < -0.4 is 4.72 Å². The predicted octanol–water partition coefficient (Wildman–Crippen LogP) is 6.49. The van der Waals surface area contributed by atoms with Gasteiger partial charge in [0, 0.05) is 41.0 Å². The number of nitrogens with zero attached hydrogens (tertiary/aromatic N) is 2. The number of hydrogen-bond donors (Lipinski definition) is 1. The van der Waals surface area contributed by atoms with E-state index in [0.717, 1.165) is 6.20 Å². The summed E-state index contributed by atoms with van der Waals surface area (Å²) >= 11 is 0. The molecule has 2 aromatic heterocycles. The molecular weight excluding hydrogens is 520 g/mol. The Morgan fingerprint density at radius 1 is 1.14 bits per heavy atom. The highest BCUT2D eigenvalue weighted by atomic mass is 32.2. The Bertz CT molecular complexity index is 1390. The third-order valence-electron chi connectivity index (χ3n) is 6.30. The molecule has 1 N–H and O–H groups in total. The number of pyridine rings is 1. The van der Waals surface area contributed by atoms with E-state index >= 15 is 0 Å². The van der Waals surface area contributed by atoms with Crippen LogP contribution >= 0.6 is 0 Å². The number of sulfonamides is 1. The molecule has 0 amide bonds. The molecule has 1 aliphatic rings. The molecule has 5 nitrogen and oxygen atoms in total. The van der Waals surface area contributed by atoms with E-state index in [0.29, 0.717) is 12.1 Å². The minimum absolute atomic E-state index is 0.0114. The van der Waals surface area contributed by atoms with E-state index in [-0.39, 0.29) is 40.3 Å². The lowest BCUT2D eigenvalue weighted by molar-refractivity contribution is -0.140. The second-order valence-corrected chi connectivity index (χ2v) is 12.6. The van der Waals surface area contributed by atoms with Gasteiger partial charge in [0.2, 0.25) is 10.0 Å². The first kappa shape index (κ1) is 27.4. The van der Waals surface area contributed by atoms with Crippen molar-refractivity contribution in [2.45, 2.75) is 70.2 Å². The molecule has 1 aromatic carbocycles. The summed E-state index contributed by atoms with van der Waals surface area (Å²) in [6.45, 7) is 6.04. The Labute approximate surface area is 210 Å². The number of alkyl halides is 6. The maximum absolute atomic E-state index is 14.2. The van der Waals surface area contributed by atoms with Gasteiger partial charge in [0.05, 0.1) is 5.25 Å². The quantitative estimate of drug-likeness (QED) is 0.344. The fourth-order valence-electron chi connectivity index (χ4n) is 4.52. The number of benzene rings is 1. The predicted molar refractivity (Wildman–Crippen MR) is 128 cm³/mol. The fourth-order valence-corrected chi connectivity index (χ4v) is 6.22. The number of hydrogen-bond acceptors (Lipinski definition) is 3. The fraction of sp³-hybridized carbons (Fsp3) is 0.480. The van der Waals surface area contributed by atoms with Gasteiger partial charge in [0.25, 0.3) is 6.43 Å². The van der Waals surface area contributed by atoms with Crippen LogP contribution in [0.15, 0.2) is 42.7 Å². The highest BCUT2D eigenvalue weighted by Gasteiger charge is 2.42. The molecule has 1 saturated carbocycles. The van der Waals surface area contributed by atoms with Crippen LogP contribution in [-0.2, 0) is 22.7 Å². The third-order valence-corrected chi connectivity index (χ3v) is 8.14. The molecule has 1 aliphatic carbocycles. The van der Waals surface area contributed by atoms with Gasteiger partial charge in [-0.25, -0.2) is 26.3 Å². The van der Waals surface area contributed by atoms with Crippen molar-refractivity contribution in [3.05, 3.63) is 54.0 Å². The van der Waals surface area contributed by atoms with Gasteiger partial charge < -0.3 is 4.57 Å². The highest BCUT2D eigenvalue weighted by molar-refractivity contribution is 7.90. The number of nitrogens with one attached hydrogen (secondary N) is 1. The standard InChI is InChI=1S/C25H27F6N3O2S/c1-24(2,3)13-34-12-19(21(23(27)28)33-37(35,36)16-10-15(26)11-16)18-7-6-14(9-20(18)34)17-5-4-8-32-22(17)25(29,30)31/h4-9,12,15-16,21,23,33H,10-11,13H2,1-3H3/t15?,16?,21-/m0/s1. The van der Waals surface area contributed by atoms with Gasteiger partial charge in [0.1, 0.15) is 12.2 Å². The largest absolute Gasteiger partial charge is 0.433 e. The van der Waals surface area contributed by atoms with Crippen molar-refractivity contribution in [3.63, 3.8) is 0 Å². The van der Waals surface area contributed by atoms with Crippen LogP contribution in [0, 0.1) is 5.41 Å². The minimum Gasteiger partial charge on any atom is -0.347 e. The average Bonchev–Trinajstić information content (AvgIpc) is 3.10. The zero-order valence-electron chi connectivity index (χ0n) is 20.4. The van der Waals surface area contributed by atoms with E-state index in [2.05, 4.69) is 9.71 Å². The smallest absolute Gasteiger partial charge is 0.347 e. The topological polar surface area (TPSA) is 64.0 Å². The van der Waals surface area contributed by atoms with Crippen molar-refractivity contribution in [2.75, 3.05) is 0 Å². The highest BCUT2D eigenvalue weighted by Crippen LogP contribution is 2.39. The minimum atomic E-state index is -4.71. The van der Waals surface area contributed by atoms with Crippen LogP contribution in [-0.4, -0.2) is 35.8 Å². The van der Waals surface area contributed by atoms with Crippen LogP contribution in [0.1, 0.15) is 50.9 Å². The van der Waals surface area contributed by atoms with Crippen molar-refractivity contribution >= 4 is 20.9 Å². The van der Waals surface area contributed by atoms with Crippen LogP contribution in [0.4, 0.5) is 26.3 Å². The van der Waals surface area contributed by atoms with Crippen molar-refractivity contribution in [1.29, 1.82) is 0 Å². The summed E-state index contributed by atoms with van der Waals surface area (Å²) in [6, 6.07) is 4.99. The van der Waals surface area contributed by atoms with Crippen LogP contribution in [0.3, 0.4) is 0 Å². The summed E-state index contributed by atoms with van der Waals surface area (Å²) in [5.41, 5.74) is -1.04. The van der Waals surface area contributed by atoms with Gasteiger partial charge in [-0.3, -0.25) is 4.98 Å². The Hall–Kier alpha value is -2.60. The third kappa shape index (κ3) is 5.79. The monoisotopic (exact) mass is 547 g/mol. The second-order valence-electron chi connectivity index (χ2n) is 10.6. The molecule has 0 bridgehead atoms. The number of halogens is 6. The Morgan fingerprint density at radius 2 is 1.81 bits per heavy atom. The van der Waals surface area contributed by atoms with E-state index < -0.39 is 45.8 Å². The number of fused-ring (bicyclic) bond motifs is 1.